The van der Waals surface area contributed by atoms with Crippen molar-refractivity contribution in [2.24, 2.45) is 5.73 Å². The number of nitrogens with two attached hydrogens (primary N) is 1. The summed E-state index contributed by atoms with van der Waals surface area (Å²) in [7, 11) is 0. The van der Waals surface area contributed by atoms with Gasteiger partial charge in [0.05, 0.1) is 0 Å². The van der Waals surface area contributed by atoms with Crippen molar-refractivity contribution in [1.29, 1.82) is 0 Å². The van der Waals surface area contributed by atoms with E-state index < -0.39 is 0 Å². The fourth-order valence-electron chi connectivity index (χ4n) is 1.18. The van der Waals surface area contributed by atoms with Crippen molar-refractivity contribution in [3.8, 4) is 0 Å². The first-order valence-corrected chi connectivity index (χ1v) is 4.72. The largest absolute Gasteiger partial charge is 0.329 e. The van der Waals surface area contributed by atoms with Crippen LogP contribution in [0.15, 0.2) is 0 Å². The summed E-state index contributed by atoms with van der Waals surface area (Å²) in [5, 5.41) is 0.588. The fourth-order valence-corrected chi connectivity index (χ4v) is 2.23. The van der Waals surface area contributed by atoms with Crippen LogP contribution in [0.5, 0.6) is 0 Å². The third kappa shape index (κ3) is 1.68. The van der Waals surface area contributed by atoms with E-state index in [2.05, 4.69) is 13.8 Å². The predicted molar refractivity (Wildman–Crippen MR) is 47.7 cm³/mol. The second-order valence-corrected chi connectivity index (χ2v) is 4.14. The summed E-state index contributed by atoms with van der Waals surface area (Å²) in [6.07, 6.45) is 0. The lowest BCUT2D eigenvalue weighted by Crippen LogP contribution is -2.36. The number of carbonyl (C=O) groups is 1. The van der Waals surface area contributed by atoms with Gasteiger partial charge in [-0.25, -0.2) is 0 Å². The lowest BCUT2D eigenvalue weighted by Gasteiger charge is -2.20. The first-order chi connectivity index (χ1) is 5.16. The molecule has 64 valence electrons. The normalized spacial score (nSPS) is 31.5. The van der Waals surface area contributed by atoms with Crippen LogP contribution in [0.1, 0.15) is 13.8 Å². The Morgan fingerprint density at radius 3 is 2.64 bits per heavy atom. The summed E-state index contributed by atoms with van der Waals surface area (Å²) in [6, 6.07) is 0.344. The molecule has 0 aliphatic carbocycles. The SMILES string of the molecule is CC1SC(=O)N(CCN)C1C. The molecule has 1 aliphatic rings. The van der Waals surface area contributed by atoms with Crippen LogP contribution in [0.4, 0.5) is 4.79 Å². The second kappa shape index (κ2) is 3.45. The Hall–Kier alpha value is -0.220. The summed E-state index contributed by atoms with van der Waals surface area (Å²) in [6.45, 7) is 5.39. The van der Waals surface area contributed by atoms with Gasteiger partial charge < -0.3 is 10.6 Å². The first kappa shape index (κ1) is 8.87. The van der Waals surface area contributed by atoms with Gasteiger partial charge >= 0.3 is 0 Å². The minimum atomic E-state index is 0.176. The number of rotatable bonds is 2. The van der Waals surface area contributed by atoms with E-state index in [1.807, 2.05) is 4.90 Å². The third-order valence-corrected chi connectivity index (χ3v) is 3.26. The molecule has 11 heavy (non-hydrogen) atoms. The van der Waals surface area contributed by atoms with Crippen LogP contribution in [0.25, 0.3) is 0 Å². The maximum absolute atomic E-state index is 11.2. The van der Waals surface area contributed by atoms with Crippen molar-refractivity contribution >= 4 is 17.0 Å². The van der Waals surface area contributed by atoms with Crippen molar-refractivity contribution in [2.75, 3.05) is 13.1 Å². The maximum Gasteiger partial charge on any atom is 0.282 e. The van der Waals surface area contributed by atoms with E-state index in [-0.39, 0.29) is 5.24 Å². The molecule has 3 nitrogen and oxygen atoms in total. The maximum atomic E-state index is 11.2. The van der Waals surface area contributed by atoms with Gasteiger partial charge in [-0.2, -0.15) is 0 Å². The smallest absolute Gasteiger partial charge is 0.282 e. The molecule has 2 N–H and O–H groups in total. The van der Waals surface area contributed by atoms with Gasteiger partial charge in [-0.3, -0.25) is 4.79 Å². The Kier molecular flexibility index (Phi) is 2.78. The molecule has 2 atom stereocenters. The second-order valence-electron chi connectivity index (χ2n) is 2.81. The monoisotopic (exact) mass is 174 g/mol. The Bertz CT molecular complexity index is 163. The molecule has 0 aromatic carbocycles. The van der Waals surface area contributed by atoms with Gasteiger partial charge in [0.25, 0.3) is 5.24 Å². The number of thioether (sulfide) groups is 1. The van der Waals surface area contributed by atoms with Gasteiger partial charge in [0.1, 0.15) is 0 Å². The van der Waals surface area contributed by atoms with Gasteiger partial charge in [-0.15, -0.1) is 0 Å². The molecule has 0 radical (unpaired) electrons. The van der Waals surface area contributed by atoms with E-state index in [4.69, 9.17) is 5.73 Å². The highest BCUT2D eigenvalue weighted by Crippen LogP contribution is 2.30. The lowest BCUT2D eigenvalue weighted by molar-refractivity contribution is 0.213. The van der Waals surface area contributed by atoms with Crippen molar-refractivity contribution < 1.29 is 4.79 Å². The number of amides is 1. The summed E-state index contributed by atoms with van der Waals surface area (Å²) in [5.41, 5.74) is 5.38. The molecule has 2 unspecified atom stereocenters. The van der Waals surface area contributed by atoms with E-state index in [0.717, 1.165) is 0 Å². The highest BCUT2D eigenvalue weighted by atomic mass is 32.2. The van der Waals surface area contributed by atoms with Gasteiger partial charge in [-0.1, -0.05) is 18.7 Å². The van der Waals surface area contributed by atoms with Crippen molar-refractivity contribution in [3.63, 3.8) is 0 Å². The molecular formula is C7H14N2OS. The number of hydrogen-bond donors (Lipinski definition) is 1. The Morgan fingerprint density at radius 2 is 2.27 bits per heavy atom. The average Bonchev–Trinajstić information content (AvgIpc) is 2.17. The summed E-state index contributed by atoms with van der Waals surface area (Å²) in [4.78, 5) is 13.1. The molecule has 1 rings (SSSR count). The van der Waals surface area contributed by atoms with Crippen LogP contribution < -0.4 is 5.73 Å². The molecule has 1 amide bonds. The number of nitrogens with zero attached hydrogens (tertiary/aromatic N) is 1. The van der Waals surface area contributed by atoms with Crippen molar-refractivity contribution in [3.05, 3.63) is 0 Å². The highest BCUT2D eigenvalue weighted by molar-refractivity contribution is 8.14. The molecule has 0 saturated carbocycles. The molecule has 1 aliphatic heterocycles. The summed E-state index contributed by atoms with van der Waals surface area (Å²) < 4.78 is 0. The van der Waals surface area contributed by atoms with Gasteiger partial charge in [0.2, 0.25) is 0 Å². The van der Waals surface area contributed by atoms with E-state index in [1.54, 1.807) is 0 Å². The molecule has 1 fully saturated rings. The molecular weight excluding hydrogens is 160 g/mol. The standard InChI is InChI=1S/C7H14N2OS/c1-5-6(2)11-7(10)9(5)4-3-8/h5-6H,3-4,8H2,1-2H3. The van der Waals surface area contributed by atoms with Gasteiger partial charge in [0, 0.05) is 24.4 Å². The lowest BCUT2D eigenvalue weighted by atomic mass is 10.2. The van der Waals surface area contributed by atoms with E-state index in [1.165, 1.54) is 11.8 Å². The third-order valence-electron chi connectivity index (χ3n) is 2.06. The summed E-state index contributed by atoms with van der Waals surface area (Å²) >= 11 is 1.41. The Balaban J connectivity index is 2.56. The number of carbonyl (C=O) groups excluding carboxylic acids is 1. The van der Waals surface area contributed by atoms with E-state index >= 15 is 0 Å². The molecule has 1 heterocycles. The highest BCUT2D eigenvalue weighted by Gasteiger charge is 2.33. The predicted octanol–water partition coefficient (Wildman–Crippen LogP) is 0.891. The zero-order valence-corrected chi connectivity index (χ0v) is 7.73. The zero-order valence-electron chi connectivity index (χ0n) is 6.91. The topological polar surface area (TPSA) is 46.3 Å². The molecule has 4 heteroatoms. The van der Waals surface area contributed by atoms with E-state index in [0.29, 0.717) is 24.4 Å². The van der Waals surface area contributed by atoms with Crippen LogP contribution in [0, 0.1) is 0 Å². The summed E-state index contributed by atoms with van der Waals surface area (Å²) in [5.74, 6) is 0. The minimum Gasteiger partial charge on any atom is -0.329 e. The molecule has 0 aromatic heterocycles. The van der Waals surface area contributed by atoms with Crippen LogP contribution in [0.2, 0.25) is 0 Å². The average molecular weight is 174 g/mol. The first-order valence-electron chi connectivity index (χ1n) is 3.84. The molecule has 0 spiro atoms. The molecule has 1 saturated heterocycles. The van der Waals surface area contributed by atoms with Crippen molar-refractivity contribution in [1.82, 2.24) is 4.90 Å². The Morgan fingerprint density at radius 1 is 1.64 bits per heavy atom. The van der Waals surface area contributed by atoms with E-state index in [9.17, 15) is 4.79 Å². The minimum absolute atomic E-state index is 0.176. The zero-order chi connectivity index (χ0) is 8.43. The molecule has 0 aromatic rings. The fraction of sp³-hybridized carbons (Fsp3) is 0.857. The van der Waals surface area contributed by atoms with Gasteiger partial charge in [-0.05, 0) is 6.92 Å². The van der Waals surface area contributed by atoms with Crippen LogP contribution in [-0.2, 0) is 0 Å². The van der Waals surface area contributed by atoms with Gasteiger partial charge in [0.15, 0.2) is 0 Å². The quantitative estimate of drug-likeness (QED) is 0.676. The van der Waals surface area contributed by atoms with Crippen molar-refractivity contribution in [2.45, 2.75) is 25.1 Å². The van der Waals surface area contributed by atoms with Crippen LogP contribution in [-0.4, -0.2) is 34.5 Å². The Labute approximate surface area is 71.3 Å². The van der Waals surface area contributed by atoms with Crippen LogP contribution in [0.3, 0.4) is 0 Å². The number of hydrogen-bond acceptors (Lipinski definition) is 3. The molecule has 0 bridgehead atoms. The van der Waals surface area contributed by atoms with Crippen LogP contribution >= 0.6 is 11.8 Å².